The average Bonchev–Trinajstić information content (AvgIpc) is 2.73. The second-order valence-corrected chi connectivity index (χ2v) is 4.86. The van der Waals surface area contributed by atoms with E-state index in [4.69, 9.17) is 5.11 Å². The predicted molar refractivity (Wildman–Crippen MR) is 76.1 cm³/mol. The first-order chi connectivity index (χ1) is 9.43. The van der Waals surface area contributed by atoms with Crippen molar-refractivity contribution in [2.24, 2.45) is 0 Å². The maximum absolute atomic E-state index is 12.5. The van der Waals surface area contributed by atoms with Crippen LogP contribution in [0.4, 0.5) is 0 Å². The van der Waals surface area contributed by atoms with Crippen LogP contribution in [0.15, 0.2) is 36.4 Å². The zero-order chi connectivity index (χ0) is 14.9. The van der Waals surface area contributed by atoms with Crippen LogP contribution in [0, 0.1) is 13.8 Å². The number of carbonyl (C=O) groups is 2. The Morgan fingerprint density at radius 1 is 1.15 bits per heavy atom. The lowest BCUT2D eigenvalue weighted by atomic mass is 10.0. The quantitative estimate of drug-likeness (QED) is 0.870. The lowest BCUT2D eigenvalue weighted by Crippen LogP contribution is -2.18. The summed E-state index contributed by atoms with van der Waals surface area (Å²) >= 11 is 0. The van der Waals surface area contributed by atoms with Crippen LogP contribution in [0.1, 0.15) is 40.3 Å². The van der Waals surface area contributed by atoms with Gasteiger partial charge in [0.15, 0.2) is 5.78 Å². The number of nitrogens with zero attached hydrogens (tertiary/aromatic N) is 1. The van der Waals surface area contributed by atoms with E-state index in [-0.39, 0.29) is 5.78 Å². The summed E-state index contributed by atoms with van der Waals surface area (Å²) in [6.07, 6.45) is 0. The van der Waals surface area contributed by atoms with Gasteiger partial charge in [0.05, 0.1) is 0 Å². The number of hydrogen-bond donors (Lipinski definition) is 1. The summed E-state index contributed by atoms with van der Waals surface area (Å²) in [6, 6.07) is 10.1. The molecule has 1 N–H and O–H groups in total. The number of aliphatic carboxylic acids is 1. The Morgan fingerprint density at radius 2 is 1.75 bits per heavy atom. The molecule has 4 nitrogen and oxygen atoms in total. The van der Waals surface area contributed by atoms with E-state index in [1.807, 2.05) is 25.1 Å². The van der Waals surface area contributed by atoms with Gasteiger partial charge in [-0.05, 0) is 26.8 Å². The Balaban J connectivity index is 2.48. The molecule has 1 atom stereocenters. The van der Waals surface area contributed by atoms with Crippen LogP contribution in [-0.2, 0) is 4.79 Å². The van der Waals surface area contributed by atoms with Crippen LogP contribution in [0.3, 0.4) is 0 Å². The largest absolute Gasteiger partial charge is 0.480 e. The Morgan fingerprint density at radius 3 is 2.30 bits per heavy atom. The normalized spacial score (nSPS) is 12.2. The van der Waals surface area contributed by atoms with Crippen molar-refractivity contribution in [3.05, 3.63) is 58.9 Å². The molecule has 4 heteroatoms. The number of hydrogen-bond acceptors (Lipinski definition) is 2. The molecule has 0 saturated carbocycles. The van der Waals surface area contributed by atoms with Crippen LogP contribution in [0.5, 0.6) is 0 Å². The van der Waals surface area contributed by atoms with Crippen LogP contribution >= 0.6 is 0 Å². The summed E-state index contributed by atoms with van der Waals surface area (Å²) in [6.45, 7) is 5.20. The third-order valence-electron chi connectivity index (χ3n) is 3.51. The molecule has 104 valence electrons. The zero-order valence-electron chi connectivity index (χ0n) is 11.8. The fraction of sp³-hybridized carbons (Fsp3) is 0.250. The minimum Gasteiger partial charge on any atom is -0.480 e. The molecular weight excluding hydrogens is 254 g/mol. The predicted octanol–water partition coefficient (Wildman–Crippen LogP) is 2.98. The smallest absolute Gasteiger partial charge is 0.326 e. The summed E-state index contributed by atoms with van der Waals surface area (Å²) in [5, 5.41) is 9.14. The van der Waals surface area contributed by atoms with Crippen LogP contribution < -0.4 is 0 Å². The van der Waals surface area contributed by atoms with Gasteiger partial charge in [-0.15, -0.1) is 0 Å². The molecule has 0 aliphatic heterocycles. The molecule has 2 aromatic rings. The number of carboxylic acid groups (broad SMARTS) is 1. The highest BCUT2D eigenvalue weighted by molar-refractivity contribution is 6.10. The summed E-state index contributed by atoms with van der Waals surface area (Å²) in [5.41, 5.74) is 2.63. The monoisotopic (exact) mass is 271 g/mol. The highest BCUT2D eigenvalue weighted by atomic mass is 16.4. The minimum absolute atomic E-state index is 0.0810. The van der Waals surface area contributed by atoms with Gasteiger partial charge >= 0.3 is 5.97 Å². The number of benzene rings is 1. The second-order valence-electron chi connectivity index (χ2n) is 4.86. The maximum Gasteiger partial charge on any atom is 0.326 e. The van der Waals surface area contributed by atoms with Gasteiger partial charge in [-0.25, -0.2) is 4.79 Å². The summed E-state index contributed by atoms with van der Waals surface area (Å²) in [7, 11) is 0. The second kappa shape index (κ2) is 5.33. The van der Waals surface area contributed by atoms with Crippen molar-refractivity contribution in [2.45, 2.75) is 26.8 Å². The van der Waals surface area contributed by atoms with Crippen molar-refractivity contribution >= 4 is 11.8 Å². The highest BCUT2D eigenvalue weighted by Gasteiger charge is 2.22. The topological polar surface area (TPSA) is 59.3 Å². The number of rotatable bonds is 4. The molecule has 0 spiro atoms. The Labute approximate surface area is 117 Å². The molecule has 0 aliphatic carbocycles. The highest BCUT2D eigenvalue weighted by Crippen LogP contribution is 2.23. The van der Waals surface area contributed by atoms with Gasteiger partial charge in [0, 0.05) is 22.5 Å². The molecule has 1 aromatic heterocycles. The summed E-state index contributed by atoms with van der Waals surface area (Å²) < 4.78 is 1.68. The van der Waals surface area contributed by atoms with Gasteiger partial charge in [-0.3, -0.25) is 4.79 Å². The van der Waals surface area contributed by atoms with E-state index in [1.165, 1.54) is 0 Å². The van der Waals surface area contributed by atoms with Gasteiger partial charge in [0.25, 0.3) is 0 Å². The van der Waals surface area contributed by atoms with Gasteiger partial charge in [0.1, 0.15) is 6.04 Å². The number of aryl methyl sites for hydroxylation is 1. The van der Waals surface area contributed by atoms with Crippen molar-refractivity contribution in [1.29, 1.82) is 0 Å². The standard InChI is InChI=1S/C16H17NO3/c1-10-9-14(11(2)17(10)12(3)16(19)20)15(18)13-7-5-4-6-8-13/h4-9,12H,1-3H3,(H,19,20). The zero-order valence-corrected chi connectivity index (χ0v) is 11.8. The van der Waals surface area contributed by atoms with E-state index in [0.29, 0.717) is 16.8 Å². The fourth-order valence-electron chi connectivity index (χ4n) is 2.46. The Bertz CT molecular complexity index is 656. The molecule has 0 radical (unpaired) electrons. The van der Waals surface area contributed by atoms with E-state index in [2.05, 4.69) is 0 Å². The number of carbonyl (C=O) groups excluding carboxylic acids is 1. The van der Waals surface area contributed by atoms with Crippen LogP contribution in [0.2, 0.25) is 0 Å². The molecule has 0 aliphatic rings. The first kappa shape index (κ1) is 14.1. The van der Waals surface area contributed by atoms with E-state index in [1.54, 1.807) is 36.6 Å². The number of ketones is 1. The minimum atomic E-state index is -0.912. The third-order valence-corrected chi connectivity index (χ3v) is 3.51. The molecule has 2 rings (SSSR count). The van der Waals surface area contributed by atoms with E-state index in [9.17, 15) is 9.59 Å². The van der Waals surface area contributed by atoms with Crippen molar-refractivity contribution < 1.29 is 14.7 Å². The molecule has 1 heterocycles. The van der Waals surface area contributed by atoms with Crippen molar-refractivity contribution in [1.82, 2.24) is 4.57 Å². The van der Waals surface area contributed by atoms with Gasteiger partial charge in [-0.1, -0.05) is 30.3 Å². The third kappa shape index (κ3) is 2.37. The molecule has 0 amide bonds. The van der Waals surface area contributed by atoms with Crippen LogP contribution in [-0.4, -0.2) is 21.4 Å². The lowest BCUT2D eigenvalue weighted by Gasteiger charge is -2.14. The molecule has 1 aromatic carbocycles. The average molecular weight is 271 g/mol. The van der Waals surface area contributed by atoms with Gasteiger partial charge < -0.3 is 9.67 Å². The van der Waals surface area contributed by atoms with Crippen molar-refractivity contribution in [2.75, 3.05) is 0 Å². The van der Waals surface area contributed by atoms with Crippen molar-refractivity contribution in [3.8, 4) is 0 Å². The first-order valence-electron chi connectivity index (χ1n) is 6.44. The molecular formula is C16H17NO3. The fourth-order valence-corrected chi connectivity index (χ4v) is 2.46. The number of carboxylic acids is 1. The lowest BCUT2D eigenvalue weighted by molar-refractivity contribution is -0.140. The van der Waals surface area contributed by atoms with Gasteiger partial charge in [-0.2, -0.15) is 0 Å². The van der Waals surface area contributed by atoms with Crippen molar-refractivity contribution in [3.63, 3.8) is 0 Å². The Hall–Kier alpha value is -2.36. The molecule has 1 unspecified atom stereocenters. The Kier molecular flexibility index (Phi) is 3.74. The number of aromatic nitrogens is 1. The summed E-state index contributed by atoms with van der Waals surface area (Å²) in [5.74, 6) is -0.993. The SMILES string of the molecule is Cc1cc(C(=O)c2ccccc2)c(C)n1C(C)C(=O)O. The molecule has 0 saturated heterocycles. The molecule has 0 fully saturated rings. The molecule has 0 bridgehead atoms. The van der Waals surface area contributed by atoms with E-state index < -0.39 is 12.0 Å². The maximum atomic E-state index is 12.5. The first-order valence-corrected chi connectivity index (χ1v) is 6.44. The van der Waals surface area contributed by atoms with E-state index in [0.717, 1.165) is 5.69 Å². The van der Waals surface area contributed by atoms with Gasteiger partial charge in [0.2, 0.25) is 0 Å². The summed E-state index contributed by atoms with van der Waals surface area (Å²) in [4.78, 5) is 23.6. The van der Waals surface area contributed by atoms with Crippen LogP contribution in [0.25, 0.3) is 0 Å². The van der Waals surface area contributed by atoms with E-state index >= 15 is 0 Å². The molecule has 20 heavy (non-hydrogen) atoms.